The molecule has 0 spiro atoms. The summed E-state index contributed by atoms with van der Waals surface area (Å²) in [5.41, 5.74) is 3.00. The lowest BCUT2D eigenvalue weighted by molar-refractivity contribution is -0.122. The highest BCUT2D eigenvalue weighted by atomic mass is 16.5. The van der Waals surface area contributed by atoms with Crippen LogP contribution in [-0.2, 0) is 4.79 Å². The van der Waals surface area contributed by atoms with Crippen LogP contribution in [0.2, 0.25) is 0 Å². The minimum Gasteiger partial charge on any atom is -0.481 e. The molecule has 0 fully saturated rings. The third-order valence-electron chi connectivity index (χ3n) is 2.96. The van der Waals surface area contributed by atoms with Gasteiger partial charge in [0.2, 0.25) is 0 Å². The van der Waals surface area contributed by atoms with E-state index in [1.54, 1.807) is 6.92 Å². The second-order valence-electron chi connectivity index (χ2n) is 4.94. The molecule has 0 saturated heterocycles. The molecule has 3 nitrogen and oxygen atoms in total. The molecule has 0 heterocycles. The Morgan fingerprint density at radius 1 is 1.05 bits per heavy atom. The van der Waals surface area contributed by atoms with Crippen LogP contribution in [0.15, 0.2) is 48.5 Å². The molecule has 0 aliphatic heterocycles. The van der Waals surface area contributed by atoms with Crippen LogP contribution >= 0.6 is 0 Å². The maximum absolute atomic E-state index is 12.1. The molecule has 1 atom stereocenters. The quantitative estimate of drug-likeness (QED) is 0.919. The van der Waals surface area contributed by atoms with Gasteiger partial charge in [-0.2, -0.15) is 0 Å². The molecule has 20 heavy (non-hydrogen) atoms. The van der Waals surface area contributed by atoms with Crippen LogP contribution in [0.25, 0.3) is 0 Å². The van der Waals surface area contributed by atoms with Crippen molar-refractivity contribution < 1.29 is 9.53 Å². The summed E-state index contributed by atoms with van der Waals surface area (Å²) in [7, 11) is 0. The zero-order valence-corrected chi connectivity index (χ0v) is 12.0. The van der Waals surface area contributed by atoms with Crippen molar-refractivity contribution in [1.29, 1.82) is 0 Å². The number of ether oxygens (including phenoxy) is 1. The number of amides is 1. The Labute approximate surface area is 119 Å². The molecular weight excluding hydrogens is 250 g/mol. The highest BCUT2D eigenvalue weighted by molar-refractivity contribution is 5.94. The molecule has 2 aromatic carbocycles. The summed E-state index contributed by atoms with van der Waals surface area (Å²) >= 11 is 0. The zero-order valence-electron chi connectivity index (χ0n) is 12.0. The van der Waals surface area contributed by atoms with Gasteiger partial charge in [-0.3, -0.25) is 4.79 Å². The van der Waals surface area contributed by atoms with Crippen molar-refractivity contribution in [2.45, 2.75) is 26.9 Å². The maximum atomic E-state index is 12.1. The third-order valence-corrected chi connectivity index (χ3v) is 2.96. The molecule has 2 rings (SSSR count). The van der Waals surface area contributed by atoms with Crippen molar-refractivity contribution in [3.05, 3.63) is 59.7 Å². The van der Waals surface area contributed by atoms with Crippen molar-refractivity contribution >= 4 is 11.6 Å². The number of aryl methyl sites for hydroxylation is 2. The van der Waals surface area contributed by atoms with Gasteiger partial charge in [0.25, 0.3) is 5.91 Å². The molecule has 0 aliphatic carbocycles. The molecule has 0 unspecified atom stereocenters. The van der Waals surface area contributed by atoms with Crippen LogP contribution in [0.5, 0.6) is 5.75 Å². The van der Waals surface area contributed by atoms with Crippen LogP contribution in [0, 0.1) is 13.8 Å². The molecule has 2 aromatic rings. The first-order valence-electron chi connectivity index (χ1n) is 6.65. The summed E-state index contributed by atoms with van der Waals surface area (Å²) < 4.78 is 5.65. The van der Waals surface area contributed by atoms with Crippen molar-refractivity contribution in [3.8, 4) is 5.75 Å². The Balaban J connectivity index is 1.98. The second-order valence-corrected chi connectivity index (χ2v) is 4.94. The van der Waals surface area contributed by atoms with Crippen molar-refractivity contribution in [1.82, 2.24) is 0 Å². The van der Waals surface area contributed by atoms with E-state index in [1.165, 1.54) is 0 Å². The molecule has 0 bridgehead atoms. The monoisotopic (exact) mass is 269 g/mol. The van der Waals surface area contributed by atoms with Gasteiger partial charge in [-0.05, 0) is 56.2 Å². The lowest BCUT2D eigenvalue weighted by Crippen LogP contribution is -2.30. The van der Waals surface area contributed by atoms with E-state index in [4.69, 9.17) is 4.74 Å². The predicted octanol–water partition coefficient (Wildman–Crippen LogP) is 3.71. The van der Waals surface area contributed by atoms with Crippen LogP contribution in [0.4, 0.5) is 5.69 Å². The molecule has 1 amide bonds. The molecule has 104 valence electrons. The van der Waals surface area contributed by atoms with Crippen molar-refractivity contribution in [2.75, 3.05) is 5.32 Å². The number of hydrogen-bond donors (Lipinski definition) is 1. The Morgan fingerprint density at radius 2 is 1.70 bits per heavy atom. The molecule has 3 heteroatoms. The minimum absolute atomic E-state index is 0.155. The standard InChI is InChI=1S/C17H19NO2/c1-12-6-4-8-15(10-12)18-17(19)14(3)20-16-9-5-7-13(2)11-16/h4-11,14H,1-3H3,(H,18,19)/t14-/m1/s1. The summed E-state index contributed by atoms with van der Waals surface area (Å²) in [6, 6.07) is 15.4. The smallest absolute Gasteiger partial charge is 0.265 e. The van der Waals surface area contributed by atoms with Gasteiger partial charge in [-0.1, -0.05) is 24.3 Å². The van der Waals surface area contributed by atoms with E-state index in [0.717, 1.165) is 16.8 Å². The first-order valence-corrected chi connectivity index (χ1v) is 6.65. The highest BCUT2D eigenvalue weighted by Crippen LogP contribution is 2.15. The number of carbonyl (C=O) groups excluding carboxylic acids is 1. The summed E-state index contributed by atoms with van der Waals surface area (Å²) in [4.78, 5) is 12.1. The summed E-state index contributed by atoms with van der Waals surface area (Å²) in [5.74, 6) is 0.550. The molecular formula is C17H19NO2. The van der Waals surface area contributed by atoms with Gasteiger partial charge in [0.05, 0.1) is 0 Å². The van der Waals surface area contributed by atoms with E-state index in [-0.39, 0.29) is 5.91 Å². The average molecular weight is 269 g/mol. The Hall–Kier alpha value is -2.29. The fraction of sp³-hybridized carbons (Fsp3) is 0.235. The SMILES string of the molecule is Cc1cccc(NC(=O)[C@@H](C)Oc2cccc(C)c2)c1. The van der Waals surface area contributed by atoms with Gasteiger partial charge in [-0.25, -0.2) is 0 Å². The number of benzene rings is 2. The Kier molecular flexibility index (Phi) is 4.41. The van der Waals surface area contributed by atoms with Crippen LogP contribution in [0.3, 0.4) is 0 Å². The minimum atomic E-state index is -0.544. The lowest BCUT2D eigenvalue weighted by Gasteiger charge is -2.15. The molecule has 0 aliphatic rings. The molecule has 1 N–H and O–H groups in total. The number of rotatable bonds is 4. The number of nitrogens with one attached hydrogen (secondary N) is 1. The number of carbonyl (C=O) groups is 1. The fourth-order valence-corrected chi connectivity index (χ4v) is 1.91. The van der Waals surface area contributed by atoms with E-state index in [0.29, 0.717) is 5.75 Å². The van der Waals surface area contributed by atoms with Crippen LogP contribution in [-0.4, -0.2) is 12.0 Å². The van der Waals surface area contributed by atoms with Crippen LogP contribution in [0.1, 0.15) is 18.1 Å². The second kappa shape index (κ2) is 6.24. The Morgan fingerprint density at radius 3 is 2.35 bits per heavy atom. The highest BCUT2D eigenvalue weighted by Gasteiger charge is 2.14. The molecule has 0 radical (unpaired) electrons. The predicted molar refractivity (Wildman–Crippen MR) is 81.1 cm³/mol. The molecule has 0 saturated carbocycles. The van der Waals surface area contributed by atoms with Gasteiger partial charge in [0.15, 0.2) is 6.10 Å². The van der Waals surface area contributed by atoms with E-state index >= 15 is 0 Å². The first kappa shape index (κ1) is 14.1. The van der Waals surface area contributed by atoms with Crippen LogP contribution < -0.4 is 10.1 Å². The van der Waals surface area contributed by atoms with Crippen molar-refractivity contribution in [2.24, 2.45) is 0 Å². The van der Waals surface area contributed by atoms with Gasteiger partial charge >= 0.3 is 0 Å². The first-order chi connectivity index (χ1) is 9.54. The topological polar surface area (TPSA) is 38.3 Å². The maximum Gasteiger partial charge on any atom is 0.265 e. The number of hydrogen-bond acceptors (Lipinski definition) is 2. The van der Waals surface area contributed by atoms with Gasteiger partial charge < -0.3 is 10.1 Å². The van der Waals surface area contributed by atoms with Gasteiger partial charge in [0, 0.05) is 5.69 Å². The summed E-state index contributed by atoms with van der Waals surface area (Å²) in [6.45, 7) is 5.72. The lowest BCUT2D eigenvalue weighted by atomic mass is 10.2. The average Bonchev–Trinajstić information content (AvgIpc) is 2.38. The van der Waals surface area contributed by atoms with Gasteiger partial charge in [-0.15, -0.1) is 0 Å². The normalized spacial score (nSPS) is 11.8. The van der Waals surface area contributed by atoms with E-state index in [9.17, 15) is 4.79 Å². The van der Waals surface area contributed by atoms with E-state index < -0.39 is 6.10 Å². The van der Waals surface area contributed by atoms with Crippen molar-refractivity contribution in [3.63, 3.8) is 0 Å². The summed E-state index contributed by atoms with van der Waals surface area (Å²) in [5, 5.41) is 2.85. The third kappa shape index (κ3) is 3.85. The Bertz CT molecular complexity index is 607. The largest absolute Gasteiger partial charge is 0.481 e. The molecule has 0 aromatic heterocycles. The van der Waals surface area contributed by atoms with E-state index in [1.807, 2.05) is 62.4 Å². The number of anilines is 1. The fourth-order valence-electron chi connectivity index (χ4n) is 1.91. The summed E-state index contributed by atoms with van der Waals surface area (Å²) in [6.07, 6.45) is -0.544. The van der Waals surface area contributed by atoms with Gasteiger partial charge in [0.1, 0.15) is 5.75 Å². The van der Waals surface area contributed by atoms with E-state index in [2.05, 4.69) is 5.32 Å². The zero-order chi connectivity index (χ0) is 14.5.